The summed E-state index contributed by atoms with van der Waals surface area (Å²) in [4.78, 5) is 30.3. The molecule has 2 amide bonds. The Morgan fingerprint density at radius 1 is 0.923 bits per heavy atom. The van der Waals surface area contributed by atoms with Gasteiger partial charge in [0.15, 0.2) is 0 Å². The highest BCUT2D eigenvalue weighted by Crippen LogP contribution is 2.25. The predicted octanol–water partition coefficient (Wildman–Crippen LogP) is 5.35. The van der Waals surface area contributed by atoms with Crippen LogP contribution in [0.3, 0.4) is 0 Å². The Hall–Kier alpha value is -2.11. The average Bonchev–Trinajstić information content (AvgIpc) is 2.32. The van der Waals surface area contributed by atoms with E-state index in [4.69, 9.17) is 9.47 Å². The van der Waals surface area contributed by atoms with E-state index in [0.717, 1.165) is 16.9 Å². The van der Waals surface area contributed by atoms with Gasteiger partial charge >= 0.3 is 12.2 Å². The first-order valence-electron chi connectivity index (χ1n) is 8.78. The molecule has 0 aliphatic carbocycles. The van der Waals surface area contributed by atoms with Crippen molar-refractivity contribution >= 4 is 18.0 Å². The molecule has 1 heterocycles. The fraction of sp³-hybridized carbons (Fsp3) is 0.650. The molecule has 0 radical (unpaired) electrons. The molecule has 0 saturated carbocycles. The number of carbonyl (C=O) groups excluding carboxylic acids is 2. The van der Waals surface area contributed by atoms with Gasteiger partial charge in [-0.25, -0.2) is 14.6 Å². The van der Waals surface area contributed by atoms with Crippen molar-refractivity contribution in [2.75, 3.05) is 4.90 Å². The Balaban J connectivity index is 3.25. The topological polar surface area (TPSA) is 68.7 Å². The molecule has 0 unspecified atom stereocenters. The van der Waals surface area contributed by atoms with Gasteiger partial charge in [-0.3, -0.25) is 0 Å². The molecule has 0 aromatic carbocycles. The molecule has 1 rings (SSSR count). The Kier molecular flexibility index (Phi) is 6.44. The minimum absolute atomic E-state index is 0.0568. The molecule has 6 heteroatoms. The molecule has 0 spiro atoms. The third-order valence-corrected chi connectivity index (χ3v) is 2.93. The number of aromatic nitrogens is 1. The molecular weight excluding hydrogens is 332 g/mol. The quantitative estimate of drug-likeness (QED) is 0.708. The van der Waals surface area contributed by atoms with E-state index in [0.29, 0.717) is 0 Å². The van der Waals surface area contributed by atoms with E-state index in [9.17, 15) is 9.59 Å². The first kappa shape index (κ1) is 21.9. The maximum Gasteiger partial charge on any atom is 0.425 e. The van der Waals surface area contributed by atoms with Crippen LogP contribution in [-0.2, 0) is 15.9 Å². The van der Waals surface area contributed by atoms with E-state index < -0.39 is 23.4 Å². The Bertz CT molecular complexity index is 621. The second-order valence-electron chi connectivity index (χ2n) is 9.56. The number of imide groups is 1. The van der Waals surface area contributed by atoms with E-state index in [1.165, 1.54) is 0 Å². The second-order valence-corrected chi connectivity index (χ2v) is 9.56. The molecular formula is C20H32N2O4. The molecule has 1 aromatic rings. The number of nitrogens with zero attached hydrogens (tertiary/aromatic N) is 2. The van der Waals surface area contributed by atoms with Gasteiger partial charge < -0.3 is 9.47 Å². The number of anilines is 1. The third-order valence-electron chi connectivity index (χ3n) is 2.93. The van der Waals surface area contributed by atoms with Crippen molar-refractivity contribution in [3.63, 3.8) is 0 Å². The molecule has 0 bridgehead atoms. The number of rotatable bonds is 2. The lowest BCUT2D eigenvalue weighted by atomic mass is 9.88. The number of ether oxygens (including phenoxy) is 2. The summed E-state index contributed by atoms with van der Waals surface area (Å²) < 4.78 is 10.8. The number of amides is 2. The van der Waals surface area contributed by atoms with Crippen LogP contribution in [0.2, 0.25) is 0 Å². The normalized spacial score (nSPS) is 12.5. The van der Waals surface area contributed by atoms with Crippen LogP contribution in [0.25, 0.3) is 0 Å². The molecule has 146 valence electrons. The summed E-state index contributed by atoms with van der Waals surface area (Å²) in [6, 6.07) is 3.59. The van der Waals surface area contributed by atoms with Crippen molar-refractivity contribution in [1.82, 2.24) is 4.98 Å². The molecule has 0 aliphatic heterocycles. The van der Waals surface area contributed by atoms with Crippen molar-refractivity contribution in [3.05, 3.63) is 23.9 Å². The number of hydrogen-bond donors (Lipinski definition) is 0. The molecule has 0 aliphatic rings. The standard InChI is InChI=1S/C20H32N2O4/c1-18(2,3)13-14-10-11-21-15(12-14)22(16(23)25-19(4,5)6)17(24)26-20(7,8)9/h10-12H,13H2,1-9H3. The van der Waals surface area contributed by atoms with Crippen LogP contribution in [0.5, 0.6) is 0 Å². The van der Waals surface area contributed by atoms with Gasteiger partial charge in [0.1, 0.15) is 17.0 Å². The summed E-state index contributed by atoms with van der Waals surface area (Å²) in [6.45, 7) is 16.8. The highest BCUT2D eigenvalue weighted by atomic mass is 16.6. The van der Waals surface area contributed by atoms with Crippen molar-refractivity contribution in [3.8, 4) is 0 Å². The summed E-state index contributed by atoms with van der Waals surface area (Å²) in [5.74, 6) is 0.190. The van der Waals surface area contributed by atoms with Crippen LogP contribution in [-0.4, -0.2) is 28.4 Å². The maximum atomic E-state index is 12.6. The lowest BCUT2D eigenvalue weighted by Gasteiger charge is -2.28. The van der Waals surface area contributed by atoms with Crippen molar-refractivity contribution < 1.29 is 19.1 Å². The summed E-state index contributed by atoms with van der Waals surface area (Å²) in [7, 11) is 0. The zero-order chi connectivity index (χ0) is 20.3. The highest BCUT2D eigenvalue weighted by molar-refractivity contribution is 6.08. The van der Waals surface area contributed by atoms with Crippen molar-refractivity contribution in [2.45, 2.75) is 79.9 Å². The smallest absolute Gasteiger partial charge is 0.425 e. The van der Waals surface area contributed by atoms with Gasteiger partial charge in [0.25, 0.3) is 0 Å². The first-order chi connectivity index (χ1) is 11.6. The van der Waals surface area contributed by atoms with Crippen LogP contribution in [0.1, 0.15) is 67.9 Å². The van der Waals surface area contributed by atoms with Gasteiger partial charge in [-0.2, -0.15) is 4.90 Å². The monoisotopic (exact) mass is 364 g/mol. The molecule has 0 atom stereocenters. The van der Waals surface area contributed by atoms with Crippen LogP contribution >= 0.6 is 0 Å². The first-order valence-corrected chi connectivity index (χ1v) is 8.78. The van der Waals surface area contributed by atoms with Gasteiger partial charge in [-0.1, -0.05) is 20.8 Å². The zero-order valence-electron chi connectivity index (χ0n) is 17.5. The van der Waals surface area contributed by atoms with Crippen molar-refractivity contribution in [1.29, 1.82) is 0 Å². The van der Waals surface area contributed by atoms with Crippen LogP contribution in [0.15, 0.2) is 18.3 Å². The minimum atomic E-state index is -0.813. The van der Waals surface area contributed by atoms with E-state index in [1.54, 1.807) is 53.8 Å². The average molecular weight is 364 g/mol. The van der Waals surface area contributed by atoms with Crippen molar-refractivity contribution in [2.24, 2.45) is 5.41 Å². The number of carbonyl (C=O) groups is 2. The lowest BCUT2D eigenvalue weighted by molar-refractivity contribution is 0.0429. The molecule has 0 saturated heterocycles. The van der Waals surface area contributed by atoms with E-state index in [2.05, 4.69) is 25.8 Å². The predicted molar refractivity (Wildman–Crippen MR) is 102 cm³/mol. The van der Waals surface area contributed by atoms with Crippen LogP contribution in [0, 0.1) is 5.41 Å². The van der Waals surface area contributed by atoms with Gasteiger partial charge in [0, 0.05) is 6.20 Å². The Labute approximate surface area is 156 Å². The molecule has 26 heavy (non-hydrogen) atoms. The van der Waals surface area contributed by atoms with Gasteiger partial charge in [0.05, 0.1) is 0 Å². The Morgan fingerprint density at radius 2 is 1.38 bits per heavy atom. The number of pyridine rings is 1. The molecule has 0 fully saturated rings. The summed E-state index contributed by atoms with van der Waals surface area (Å²) in [6.07, 6.45) is 0.733. The summed E-state index contributed by atoms with van der Waals surface area (Å²) in [5.41, 5.74) is -0.471. The van der Waals surface area contributed by atoms with E-state index >= 15 is 0 Å². The Morgan fingerprint density at radius 3 is 1.77 bits per heavy atom. The fourth-order valence-corrected chi connectivity index (χ4v) is 2.18. The third kappa shape index (κ3) is 7.85. The van der Waals surface area contributed by atoms with Crippen LogP contribution < -0.4 is 4.90 Å². The van der Waals surface area contributed by atoms with Gasteiger partial charge in [-0.15, -0.1) is 0 Å². The summed E-state index contributed by atoms with van der Waals surface area (Å²) in [5, 5.41) is 0. The molecule has 1 aromatic heterocycles. The van der Waals surface area contributed by atoms with E-state index in [-0.39, 0.29) is 11.2 Å². The van der Waals surface area contributed by atoms with Crippen LogP contribution in [0.4, 0.5) is 15.4 Å². The van der Waals surface area contributed by atoms with E-state index in [1.807, 2.05) is 6.07 Å². The van der Waals surface area contributed by atoms with Gasteiger partial charge in [0.2, 0.25) is 0 Å². The maximum absolute atomic E-state index is 12.6. The minimum Gasteiger partial charge on any atom is -0.443 e. The summed E-state index contributed by atoms with van der Waals surface area (Å²) >= 11 is 0. The largest absolute Gasteiger partial charge is 0.443 e. The second kappa shape index (κ2) is 7.64. The SMILES string of the molecule is CC(C)(C)Cc1ccnc(N(C(=O)OC(C)(C)C)C(=O)OC(C)(C)C)c1. The number of hydrogen-bond acceptors (Lipinski definition) is 5. The molecule has 0 N–H and O–H groups in total. The highest BCUT2D eigenvalue weighted by Gasteiger charge is 2.33. The zero-order valence-corrected chi connectivity index (χ0v) is 17.5. The molecule has 6 nitrogen and oxygen atoms in total. The fourth-order valence-electron chi connectivity index (χ4n) is 2.18. The lowest BCUT2D eigenvalue weighted by Crippen LogP contribution is -2.44. The van der Waals surface area contributed by atoms with Gasteiger partial charge in [-0.05, 0) is 71.1 Å².